The number of aryl methyl sites for hydroxylation is 2. The average Bonchev–Trinajstić information content (AvgIpc) is 2.72. The Kier molecular flexibility index (Phi) is 5.29. The predicted octanol–water partition coefficient (Wildman–Crippen LogP) is 1.06. The number of piperazine rings is 1. The largest absolute Gasteiger partial charge is 0.304 e. The van der Waals surface area contributed by atoms with Crippen LogP contribution < -0.4 is 0 Å². The molecule has 0 saturated carbocycles. The van der Waals surface area contributed by atoms with Crippen LogP contribution in [0.1, 0.15) is 17.8 Å². The van der Waals surface area contributed by atoms with Gasteiger partial charge in [-0.3, -0.25) is 4.68 Å². The summed E-state index contributed by atoms with van der Waals surface area (Å²) in [6.07, 6.45) is 0.775. The van der Waals surface area contributed by atoms with Crippen LogP contribution in [-0.2, 0) is 16.6 Å². The molecule has 1 saturated heterocycles. The second-order valence-electron chi connectivity index (χ2n) is 5.47. The van der Waals surface area contributed by atoms with Crippen molar-refractivity contribution in [3.05, 3.63) is 11.4 Å². The molecule has 0 atom stereocenters. The number of halogens is 1. The first kappa shape index (κ1) is 16.7. The van der Waals surface area contributed by atoms with Crippen LogP contribution in [0.15, 0.2) is 4.90 Å². The molecule has 1 aromatic heterocycles. The first-order valence-corrected chi connectivity index (χ1v) is 9.14. The number of sulfonamides is 1. The first-order valence-electron chi connectivity index (χ1n) is 7.16. The zero-order valence-electron chi connectivity index (χ0n) is 12.8. The Morgan fingerprint density at radius 1 is 1.19 bits per heavy atom. The number of aromatic nitrogens is 2. The molecule has 8 heteroatoms. The van der Waals surface area contributed by atoms with Gasteiger partial charge >= 0.3 is 0 Å². The number of hydrogen-bond donors (Lipinski definition) is 0. The highest BCUT2D eigenvalue weighted by Crippen LogP contribution is 2.24. The highest BCUT2D eigenvalue weighted by atomic mass is 35.5. The third-order valence-electron chi connectivity index (χ3n) is 3.88. The van der Waals surface area contributed by atoms with Gasteiger partial charge in [0.1, 0.15) is 4.90 Å². The Bertz CT molecular complexity index is 592. The Hall–Kier alpha value is -0.630. The summed E-state index contributed by atoms with van der Waals surface area (Å²) in [4.78, 5) is 2.50. The molecular weight excluding hydrogens is 312 g/mol. The third kappa shape index (κ3) is 3.41. The molecule has 0 unspecified atom stereocenters. The van der Waals surface area contributed by atoms with Gasteiger partial charge in [-0.25, -0.2) is 8.42 Å². The molecule has 21 heavy (non-hydrogen) atoms. The molecule has 2 heterocycles. The molecule has 0 bridgehead atoms. The van der Waals surface area contributed by atoms with Gasteiger partial charge in [-0.05, 0) is 27.3 Å². The lowest BCUT2D eigenvalue weighted by Gasteiger charge is -2.31. The zero-order valence-corrected chi connectivity index (χ0v) is 14.4. The van der Waals surface area contributed by atoms with E-state index in [-0.39, 0.29) is 0 Å². The number of hydrogen-bond acceptors (Lipinski definition) is 4. The van der Waals surface area contributed by atoms with Crippen molar-refractivity contribution in [1.82, 2.24) is 19.0 Å². The molecule has 120 valence electrons. The molecule has 0 N–H and O–H groups in total. The number of alkyl halides is 1. The minimum Gasteiger partial charge on any atom is -0.304 e. The van der Waals surface area contributed by atoms with Crippen LogP contribution >= 0.6 is 11.6 Å². The van der Waals surface area contributed by atoms with Crippen molar-refractivity contribution in [2.24, 2.45) is 0 Å². The van der Waals surface area contributed by atoms with Crippen molar-refractivity contribution >= 4 is 21.6 Å². The van der Waals surface area contributed by atoms with E-state index in [1.165, 1.54) is 0 Å². The highest BCUT2D eigenvalue weighted by Gasteiger charge is 2.32. The number of rotatable bonds is 5. The molecule has 2 rings (SSSR count). The summed E-state index contributed by atoms with van der Waals surface area (Å²) in [5, 5.41) is 4.37. The summed E-state index contributed by atoms with van der Waals surface area (Å²) < 4.78 is 29.0. The SMILES string of the molecule is Cc1nn(CCCCl)c(C)c1S(=O)(=O)N1CCN(C)CC1. The van der Waals surface area contributed by atoms with E-state index in [0.717, 1.165) is 19.5 Å². The smallest absolute Gasteiger partial charge is 0.246 e. The fraction of sp³-hybridized carbons (Fsp3) is 0.769. The molecule has 0 aliphatic carbocycles. The molecule has 0 radical (unpaired) electrons. The summed E-state index contributed by atoms with van der Waals surface area (Å²) in [5.74, 6) is 0.541. The molecule has 1 aliphatic rings. The van der Waals surface area contributed by atoms with E-state index in [9.17, 15) is 8.42 Å². The lowest BCUT2D eigenvalue weighted by Crippen LogP contribution is -2.47. The molecule has 6 nitrogen and oxygen atoms in total. The van der Waals surface area contributed by atoms with Crippen molar-refractivity contribution in [3.63, 3.8) is 0 Å². The molecule has 1 aromatic rings. The maximum absolute atomic E-state index is 12.9. The summed E-state index contributed by atoms with van der Waals surface area (Å²) in [6, 6.07) is 0. The van der Waals surface area contributed by atoms with Crippen molar-refractivity contribution in [3.8, 4) is 0 Å². The van der Waals surface area contributed by atoms with Gasteiger partial charge in [-0.2, -0.15) is 9.40 Å². The van der Waals surface area contributed by atoms with E-state index in [1.54, 1.807) is 15.9 Å². The van der Waals surface area contributed by atoms with E-state index >= 15 is 0 Å². The van der Waals surface area contributed by atoms with Crippen molar-refractivity contribution in [2.75, 3.05) is 39.1 Å². The van der Waals surface area contributed by atoms with Crippen LogP contribution in [-0.4, -0.2) is 66.5 Å². The van der Waals surface area contributed by atoms with Gasteiger partial charge in [-0.15, -0.1) is 11.6 Å². The average molecular weight is 335 g/mol. The minimum atomic E-state index is -3.46. The van der Waals surface area contributed by atoms with Gasteiger partial charge < -0.3 is 4.90 Å². The zero-order chi connectivity index (χ0) is 15.6. The molecule has 1 fully saturated rings. The van der Waals surface area contributed by atoms with Crippen molar-refractivity contribution in [1.29, 1.82) is 0 Å². The second-order valence-corrected chi connectivity index (χ2v) is 7.73. The normalized spacial score (nSPS) is 18.3. The lowest BCUT2D eigenvalue weighted by molar-refractivity contribution is 0.222. The molecule has 0 spiro atoms. The second kappa shape index (κ2) is 6.64. The quantitative estimate of drug-likeness (QED) is 0.756. The van der Waals surface area contributed by atoms with Crippen molar-refractivity contribution in [2.45, 2.75) is 31.7 Å². The van der Waals surface area contributed by atoms with Gasteiger partial charge in [-0.1, -0.05) is 0 Å². The third-order valence-corrected chi connectivity index (χ3v) is 6.30. The van der Waals surface area contributed by atoms with E-state index in [2.05, 4.69) is 10.00 Å². The van der Waals surface area contributed by atoms with Gasteiger partial charge in [0, 0.05) is 38.6 Å². The fourth-order valence-corrected chi connectivity index (χ4v) is 4.55. The molecular formula is C13H23ClN4O2S. The van der Waals surface area contributed by atoms with Crippen LogP contribution in [0, 0.1) is 13.8 Å². The van der Waals surface area contributed by atoms with Crippen LogP contribution in [0.25, 0.3) is 0 Å². The van der Waals surface area contributed by atoms with Crippen LogP contribution in [0.4, 0.5) is 0 Å². The summed E-state index contributed by atoms with van der Waals surface area (Å²) in [5.41, 5.74) is 1.28. The fourth-order valence-electron chi connectivity index (χ4n) is 2.64. The summed E-state index contributed by atoms with van der Waals surface area (Å²) >= 11 is 5.70. The number of likely N-dealkylation sites (N-methyl/N-ethyl adjacent to an activating group) is 1. The highest BCUT2D eigenvalue weighted by molar-refractivity contribution is 7.89. The maximum Gasteiger partial charge on any atom is 0.246 e. The monoisotopic (exact) mass is 334 g/mol. The standard InChI is InChI=1S/C13H23ClN4O2S/c1-11-13(12(2)18(15-11)6-4-5-14)21(19,20)17-9-7-16(3)8-10-17/h4-10H2,1-3H3. The lowest BCUT2D eigenvalue weighted by atomic mass is 10.4. The molecule has 1 aliphatic heterocycles. The minimum absolute atomic E-state index is 0.363. The van der Waals surface area contributed by atoms with E-state index in [0.29, 0.717) is 41.8 Å². The first-order chi connectivity index (χ1) is 9.87. The van der Waals surface area contributed by atoms with Crippen molar-refractivity contribution < 1.29 is 8.42 Å². The van der Waals surface area contributed by atoms with Gasteiger partial charge in [0.25, 0.3) is 0 Å². The predicted molar refractivity (Wildman–Crippen MR) is 83.3 cm³/mol. The van der Waals surface area contributed by atoms with Crippen LogP contribution in [0.2, 0.25) is 0 Å². The van der Waals surface area contributed by atoms with E-state index < -0.39 is 10.0 Å². The number of nitrogens with zero attached hydrogens (tertiary/aromatic N) is 4. The molecule has 0 amide bonds. The van der Waals surface area contributed by atoms with Gasteiger partial charge in [0.15, 0.2) is 0 Å². The molecule has 0 aromatic carbocycles. The van der Waals surface area contributed by atoms with Gasteiger partial charge in [0.2, 0.25) is 10.0 Å². The van der Waals surface area contributed by atoms with E-state index in [1.807, 2.05) is 14.0 Å². The maximum atomic E-state index is 12.9. The Balaban J connectivity index is 2.29. The van der Waals surface area contributed by atoms with E-state index in [4.69, 9.17) is 11.6 Å². The van der Waals surface area contributed by atoms with Crippen LogP contribution in [0.5, 0.6) is 0 Å². The summed E-state index contributed by atoms with van der Waals surface area (Å²) in [7, 11) is -1.46. The Morgan fingerprint density at radius 2 is 1.81 bits per heavy atom. The Morgan fingerprint density at radius 3 is 2.38 bits per heavy atom. The van der Waals surface area contributed by atoms with Crippen LogP contribution in [0.3, 0.4) is 0 Å². The van der Waals surface area contributed by atoms with Gasteiger partial charge in [0.05, 0.1) is 11.4 Å². The Labute approximate surface area is 131 Å². The summed E-state index contributed by atoms with van der Waals surface area (Å²) in [6.45, 7) is 6.81. The topological polar surface area (TPSA) is 58.4 Å².